The van der Waals surface area contributed by atoms with Crippen molar-refractivity contribution in [2.45, 2.75) is 18.7 Å². The molecule has 0 aliphatic carbocycles. The molecule has 1 aromatic rings. The molecule has 0 saturated carbocycles. The lowest BCUT2D eigenvalue weighted by Crippen LogP contribution is -2.23. The standard InChI is InChI=1S/C13H18F3NO2S/c1-20(19)8-2-7-17-9-12(18)10-3-5-11(6-4-10)13(14,15)16/h3-6,12,17-18H,2,7-9H2,1H3. The summed E-state index contributed by atoms with van der Waals surface area (Å²) < 4.78 is 47.9. The second kappa shape index (κ2) is 7.75. The van der Waals surface area contributed by atoms with E-state index in [4.69, 9.17) is 0 Å². The van der Waals surface area contributed by atoms with Crippen LogP contribution in [0.15, 0.2) is 24.3 Å². The predicted octanol–water partition coefficient (Wildman–Crippen LogP) is 2.10. The number of hydrogen-bond donors (Lipinski definition) is 2. The molecule has 1 rings (SSSR count). The van der Waals surface area contributed by atoms with Crippen molar-refractivity contribution >= 4 is 10.8 Å². The van der Waals surface area contributed by atoms with Gasteiger partial charge in [-0.05, 0) is 30.7 Å². The third-order valence-electron chi connectivity index (χ3n) is 2.75. The van der Waals surface area contributed by atoms with Gasteiger partial charge in [0.2, 0.25) is 0 Å². The first-order valence-corrected chi connectivity index (χ1v) is 7.89. The first kappa shape index (κ1) is 17.1. The van der Waals surface area contributed by atoms with Gasteiger partial charge in [-0.15, -0.1) is 0 Å². The van der Waals surface area contributed by atoms with E-state index in [2.05, 4.69) is 5.32 Å². The first-order chi connectivity index (χ1) is 9.30. The normalized spacial score (nSPS) is 15.1. The number of nitrogens with one attached hydrogen (secondary N) is 1. The van der Waals surface area contributed by atoms with Gasteiger partial charge < -0.3 is 10.4 Å². The van der Waals surface area contributed by atoms with Gasteiger partial charge in [0.1, 0.15) is 0 Å². The zero-order valence-electron chi connectivity index (χ0n) is 11.1. The predicted molar refractivity (Wildman–Crippen MR) is 72.8 cm³/mol. The summed E-state index contributed by atoms with van der Waals surface area (Å²) in [5.74, 6) is 0.587. The molecule has 0 bridgehead atoms. The summed E-state index contributed by atoms with van der Waals surface area (Å²) in [5.41, 5.74) is -0.295. The molecule has 0 spiro atoms. The van der Waals surface area contributed by atoms with E-state index in [0.29, 0.717) is 17.9 Å². The van der Waals surface area contributed by atoms with Crippen molar-refractivity contribution in [3.05, 3.63) is 35.4 Å². The molecule has 0 aliphatic heterocycles. The number of hydrogen-bond acceptors (Lipinski definition) is 3. The summed E-state index contributed by atoms with van der Waals surface area (Å²) in [6.45, 7) is 0.860. The van der Waals surface area contributed by atoms with Crippen LogP contribution in [0, 0.1) is 0 Å². The summed E-state index contributed by atoms with van der Waals surface area (Å²) in [6, 6.07) is 4.46. The van der Waals surface area contributed by atoms with E-state index in [1.807, 2.05) is 0 Å². The van der Waals surface area contributed by atoms with Crippen LogP contribution in [0.3, 0.4) is 0 Å². The van der Waals surface area contributed by atoms with Crippen LogP contribution in [-0.4, -0.2) is 34.4 Å². The minimum Gasteiger partial charge on any atom is -0.387 e. The Labute approximate surface area is 118 Å². The fourth-order valence-corrected chi connectivity index (χ4v) is 2.20. The number of halogens is 3. The second-order valence-electron chi connectivity index (χ2n) is 4.47. The fourth-order valence-electron chi connectivity index (χ4n) is 1.65. The molecule has 1 aromatic carbocycles. The zero-order chi connectivity index (χ0) is 15.2. The van der Waals surface area contributed by atoms with Crippen molar-refractivity contribution in [1.29, 1.82) is 0 Å². The molecule has 2 N–H and O–H groups in total. The molecule has 0 heterocycles. The van der Waals surface area contributed by atoms with Gasteiger partial charge in [0.25, 0.3) is 0 Å². The van der Waals surface area contributed by atoms with Gasteiger partial charge >= 0.3 is 6.18 Å². The van der Waals surface area contributed by atoms with Crippen LogP contribution in [0.5, 0.6) is 0 Å². The largest absolute Gasteiger partial charge is 0.416 e. The Balaban J connectivity index is 2.40. The quantitative estimate of drug-likeness (QED) is 0.758. The number of benzene rings is 1. The molecule has 20 heavy (non-hydrogen) atoms. The van der Waals surface area contributed by atoms with E-state index in [1.54, 1.807) is 6.26 Å². The van der Waals surface area contributed by atoms with Crippen molar-refractivity contribution in [1.82, 2.24) is 5.32 Å². The smallest absolute Gasteiger partial charge is 0.387 e. The Kier molecular flexibility index (Phi) is 6.64. The molecule has 0 amide bonds. The summed E-state index contributed by atoms with van der Waals surface area (Å²) in [7, 11) is -0.836. The highest BCUT2D eigenvalue weighted by atomic mass is 32.2. The molecule has 114 valence electrons. The third-order valence-corrected chi connectivity index (χ3v) is 3.61. The van der Waals surface area contributed by atoms with Crippen LogP contribution in [0.1, 0.15) is 23.7 Å². The maximum atomic E-state index is 12.4. The lowest BCUT2D eigenvalue weighted by Gasteiger charge is -2.13. The second-order valence-corrected chi connectivity index (χ2v) is 6.03. The first-order valence-electron chi connectivity index (χ1n) is 6.16. The fraction of sp³-hybridized carbons (Fsp3) is 0.538. The maximum Gasteiger partial charge on any atom is 0.416 e. The van der Waals surface area contributed by atoms with Crippen molar-refractivity contribution < 1.29 is 22.5 Å². The Hall–Kier alpha value is -0.920. The average Bonchev–Trinajstić information content (AvgIpc) is 2.37. The molecule has 3 nitrogen and oxygen atoms in total. The molecule has 7 heteroatoms. The van der Waals surface area contributed by atoms with Crippen molar-refractivity contribution in [2.75, 3.05) is 25.1 Å². The van der Waals surface area contributed by atoms with E-state index in [1.165, 1.54) is 12.1 Å². The molecule has 0 fully saturated rings. The van der Waals surface area contributed by atoms with E-state index < -0.39 is 28.6 Å². The van der Waals surface area contributed by atoms with E-state index in [-0.39, 0.29) is 6.54 Å². The minimum atomic E-state index is -4.36. The summed E-state index contributed by atoms with van der Waals surface area (Å²) >= 11 is 0. The van der Waals surface area contributed by atoms with Crippen molar-refractivity contribution in [3.63, 3.8) is 0 Å². The van der Waals surface area contributed by atoms with Crippen LogP contribution in [-0.2, 0) is 17.0 Å². The Morgan fingerprint density at radius 2 is 1.90 bits per heavy atom. The molecule has 2 unspecified atom stereocenters. The topological polar surface area (TPSA) is 49.3 Å². The van der Waals surface area contributed by atoms with Gasteiger partial charge in [-0.3, -0.25) is 4.21 Å². The van der Waals surface area contributed by atoms with Gasteiger partial charge in [0, 0.05) is 29.4 Å². The van der Waals surface area contributed by atoms with Crippen LogP contribution in [0.4, 0.5) is 13.2 Å². The minimum absolute atomic E-state index is 0.252. The Morgan fingerprint density at radius 3 is 2.40 bits per heavy atom. The molecule has 0 saturated heterocycles. The van der Waals surface area contributed by atoms with Gasteiger partial charge in [-0.1, -0.05) is 12.1 Å². The van der Waals surface area contributed by atoms with Gasteiger partial charge in [0.05, 0.1) is 11.7 Å². The van der Waals surface area contributed by atoms with Gasteiger partial charge in [0.15, 0.2) is 0 Å². The molecular weight excluding hydrogens is 291 g/mol. The summed E-state index contributed by atoms with van der Waals surface area (Å²) in [5, 5.41) is 12.8. The number of aliphatic hydroxyl groups excluding tert-OH is 1. The van der Waals surface area contributed by atoms with Gasteiger partial charge in [-0.2, -0.15) is 13.2 Å². The molecule has 0 aliphatic rings. The lowest BCUT2D eigenvalue weighted by atomic mass is 10.1. The van der Waals surface area contributed by atoms with Crippen LogP contribution in [0.25, 0.3) is 0 Å². The van der Waals surface area contributed by atoms with Crippen LogP contribution >= 0.6 is 0 Å². The number of alkyl halides is 3. The summed E-state index contributed by atoms with van der Waals surface area (Å²) in [4.78, 5) is 0. The third kappa shape index (κ3) is 6.02. The zero-order valence-corrected chi connectivity index (χ0v) is 11.9. The molecule has 0 radical (unpaired) electrons. The number of rotatable bonds is 7. The van der Waals surface area contributed by atoms with Crippen molar-refractivity contribution in [2.24, 2.45) is 0 Å². The van der Waals surface area contributed by atoms with E-state index in [9.17, 15) is 22.5 Å². The Morgan fingerprint density at radius 1 is 1.30 bits per heavy atom. The van der Waals surface area contributed by atoms with Crippen LogP contribution in [0.2, 0.25) is 0 Å². The highest BCUT2D eigenvalue weighted by Gasteiger charge is 2.30. The molecule has 2 atom stereocenters. The highest BCUT2D eigenvalue weighted by Crippen LogP contribution is 2.29. The maximum absolute atomic E-state index is 12.4. The SMILES string of the molecule is CS(=O)CCCNCC(O)c1ccc(C(F)(F)F)cc1. The highest BCUT2D eigenvalue weighted by molar-refractivity contribution is 7.84. The van der Waals surface area contributed by atoms with Gasteiger partial charge in [-0.25, -0.2) is 0 Å². The average molecular weight is 309 g/mol. The number of aliphatic hydroxyl groups is 1. The Bertz CT molecular complexity index is 434. The van der Waals surface area contributed by atoms with Crippen molar-refractivity contribution in [3.8, 4) is 0 Å². The summed E-state index contributed by atoms with van der Waals surface area (Å²) in [6.07, 6.45) is -2.87. The van der Waals surface area contributed by atoms with E-state index >= 15 is 0 Å². The lowest BCUT2D eigenvalue weighted by molar-refractivity contribution is -0.137. The molecular formula is C13H18F3NO2S. The van der Waals surface area contributed by atoms with E-state index in [0.717, 1.165) is 18.6 Å². The van der Waals surface area contributed by atoms with Crippen LogP contribution < -0.4 is 5.32 Å². The molecule has 0 aromatic heterocycles. The monoisotopic (exact) mass is 309 g/mol.